The van der Waals surface area contributed by atoms with Crippen molar-refractivity contribution in [2.24, 2.45) is 5.92 Å². The van der Waals surface area contributed by atoms with Crippen LogP contribution in [0.3, 0.4) is 0 Å². The fourth-order valence-electron chi connectivity index (χ4n) is 1.46. The summed E-state index contributed by atoms with van der Waals surface area (Å²) < 4.78 is 3.57. The van der Waals surface area contributed by atoms with Crippen molar-refractivity contribution in [3.05, 3.63) is 0 Å². The Bertz CT molecular complexity index is 295. The van der Waals surface area contributed by atoms with Crippen LogP contribution in [0.1, 0.15) is 12.8 Å². The number of nitrogens with one attached hydrogen (secondary N) is 2. The molecule has 1 fully saturated rings. The van der Waals surface area contributed by atoms with Crippen LogP contribution < -0.4 is 10.6 Å². The topological polar surface area (TPSA) is 79.8 Å². The summed E-state index contributed by atoms with van der Waals surface area (Å²) in [5.74, 6) is 0.0587. The summed E-state index contributed by atoms with van der Waals surface area (Å²) in [5.41, 5.74) is 0. The van der Waals surface area contributed by atoms with E-state index in [1.807, 2.05) is 0 Å². The van der Waals surface area contributed by atoms with E-state index in [1.54, 1.807) is 0 Å². The van der Waals surface area contributed by atoms with Gasteiger partial charge < -0.3 is 5.32 Å². The molecule has 76 valence electrons. The van der Waals surface area contributed by atoms with Gasteiger partial charge in [-0.1, -0.05) is 9.59 Å². The summed E-state index contributed by atoms with van der Waals surface area (Å²) in [4.78, 5) is 11.6. The maximum atomic E-state index is 11.6. The van der Waals surface area contributed by atoms with Gasteiger partial charge in [0.15, 0.2) is 0 Å². The summed E-state index contributed by atoms with van der Waals surface area (Å²) >= 11 is 1.09. The third kappa shape index (κ3) is 2.24. The van der Waals surface area contributed by atoms with Crippen molar-refractivity contribution in [1.29, 1.82) is 0 Å². The van der Waals surface area contributed by atoms with E-state index >= 15 is 0 Å². The number of amides is 1. The Morgan fingerprint density at radius 1 is 1.64 bits per heavy atom. The Balaban J connectivity index is 1.88. The van der Waals surface area contributed by atoms with E-state index in [-0.39, 0.29) is 11.8 Å². The number of hydrogen-bond acceptors (Lipinski definition) is 6. The summed E-state index contributed by atoms with van der Waals surface area (Å²) in [5, 5.41) is 13.4. The highest BCUT2D eigenvalue weighted by Gasteiger charge is 2.21. The van der Waals surface area contributed by atoms with Crippen molar-refractivity contribution in [1.82, 2.24) is 20.1 Å². The molecule has 0 bridgehead atoms. The molecule has 6 nitrogen and oxygen atoms in total. The van der Waals surface area contributed by atoms with E-state index in [2.05, 4.69) is 25.4 Å². The second-order valence-corrected chi connectivity index (χ2v) is 3.93. The first-order valence-corrected chi connectivity index (χ1v) is 5.30. The zero-order valence-electron chi connectivity index (χ0n) is 7.56. The van der Waals surface area contributed by atoms with Gasteiger partial charge >= 0.3 is 0 Å². The van der Waals surface area contributed by atoms with Gasteiger partial charge in [0.25, 0.3) is 0 Å². The maximum absolute atomic E-state index is 11.6. The van der Waals surface area contributed by atoms with E-state index in [0.29, 0.717) is 5.13 Å². The lowest BCUT2D eigenvalue weighted by molar-refractivity contribution is -0.120. The van der Waals surface area contributed by atoms with Gasteiger partial charge in [-0.05, 0) is 24.6 Å². The molecule has 7 heteroatoms. The Morgan fingerprint density at radius 3 is 3.21 bits per heavy atom. The number of hydrogen-bond donors (Lipinski definition) is 2. The standard InChI is InChI=1S/C7H11N5OS/c13-6(5-2-1-3-8-4-5)9-7-10-11-12-14-7/h5,8H,1-4H2,(H,9,10,12,13)/t5-/m0/s1. The highest BCUT2D eigenvalue weighted by atomic mass is 32.1. The molecule has 1 amide bonds. The molecule has 0 spiro atoms. The molecule has 1 saturated heterocycles. The third-order valence-electron chi connectivity index (χ3n) is 2.20. The van der Waals surface area contributed by atoms with Crippen LogP contribution in [0.2, 0.25) is 0 Å². The molecule has 1 atom stereocenters. The number of carbonyl (C=O) groups is 1. The summed E-state index contributed by atoms with van der Waals surface area (Å²) in [7, 11) is 0. The maximum Gasteiger partial charge on any atom is 0.231 e. The van der Waals surface area contributed by atoms with E-state index in [1.165, 1.54) is 0 Å². The molecule has 2 N–H and O–H groups in total. The third-order valence-corrected chi connectivity index (χ3v) is 2.71. The van der Waals surface area contributed by atoms with Crippen LogP contribution in [0, 0.1) is 5.92 Å². The van der Waals surface area contributed by atoms with Gasteiger partial charge in [-0.25, -0.2) is 0 Å². The van der Waals surface area contributed by atoms with E-state index < -0.39 is 0 Å². The SMILES string of the molecule is O=C(Nc1nnns1)[C@H]1CCCNC1. The molecule has 2 rings (SSSR count). The lowest BCUT2D eigenvalue weighted by atomic mass is 9.99. The van der Waals surface area contributed by atoms with Gasteiger partial charge in [-0.3, -0.25) is 10.1 Å². The van der Waals surface area contributed by atoms with Gasteiger partial charge in [-0.15, -0.1) is 0 Å². The van der Waals surface area contributed by atoms with Crippen LogP contribution in [-0.2, 0) is 4.79 Å². The van der Waals surface area contributed by atoms with Crippen LogP contribution in [0.15, 0.2) is 0 Å². The zero-order chi connectivity index (χ0) is 9.80. The molecule has 1 aliphatic heterocycles. The first kappa shape index (κ1) is 9.47. The smallest absolute Gasteiger partial charge is 0.231 e. The van der Waals surface area contributed by atoms with Crippen LogP contribution in [-0.4, -0.2) is 33.8 Å². The van der Waals surface area contributed by atoms with Gasteiger partial charge in [0.1, 0.15) is 0 Å². The molecule has 0 aromatic carbocycles. The van der Waals surface area contributed by atoms with Gasteiger partial charge in [-0.2, -0.15) is 0 Å². The summed E-state index contributed by atoms with van der Waals surface area (Å²) in [6.45, 7) is 1.75. The first-order valence-electron chi connectivity index (χ1n) is 4.53. The van der Waals surface area contributed by atoms with Gasteiger partial charge in [0, 0.05) is 18.1 Å². The molecule has 1 aromatic heterocycles. The Hall–Kier alpha value is -1.08. The monoisotopic (exact) mass is 213 g/mol. The molecule has 14 heavy (non-hydrogen) atoms. The molecule has 0 saturated carbocycles. The average molecular weight is 213 g/mol. The quantitative estimate of drug-likeness (QED) is 0.715. The second-order valence-electron chi connectivity index (χ2n) is 3.20. The van der Waals surface area contributed by atoms with Crippen molar-refractivity contribution in [2.45, 2.75) is 12.8 Å². The fourth-order valence-corrected chi connectivity index (χ4v) is 1.83. The first-order chi connectivity index (χ1) is 6.86. The largest absolute Gasteiger partial charge is 0.316 e. The minimum atomic E-state index is 0.00995. The van der Waals surface area contributed by atoms with Crippen molar-refractivity contribution in [2.75, 3.05) is 18.4 Å². The van der Waals surface area contributed by atoms with Gasteiger partial charge in [0.2, 0.25) is 11.0 Å². The van der Waals surface area contributed by atoms with Crippen molar-refractivity contribution < 1.29 is 4.79 Å². The predicted molar refractivity (Wildman–Crippen MR) is 51.9 cm³/mol. The number of aromatic nitrogens is 3. The van der Waals surface area contributed by atoms with Crippen molar-refractivity contribution >= 4 is 22.6 Å². The molecule has 2 heterocycles. The van der Waals surface area contributed by atoms with Crippen LogP contribution >= 0.6 is 11.5 Å². The molecule has 0 radical (unpaired) electrons. The minimum Gasteiger partial charge on any atom is -0.316 e. The second kappa shape index (κ2) is 4.43. The summed E-state index contributed by atoms with van der Waals surface area (Å²) in [6, 6.07) is 0. The van der Waals surface area contributed by atoms with Gasteiger partial charge in [0.05, 0.1) is 5.92 Å². The highest BCUT2D eigenvalue weighted by molar-refractivity contribution is 7.09. The predicted octanol–water partition coefficient (Wildman–Crippen LogP) is -0.129. The van der Waals surface area contributed by atoms with E-state index in [4.69, 9.17) is 0 Å². The molecule has 0 aliphatic carbocycles. The van der Waals surface area contributed by atoms with E-state index in [9.17, 15) is 4.79 Å². The van der Waals surface area contributed by atoms with Crippen molar-refractivity contribution in [3.8, 4) is 0 Å². The van der Waals surface area contributed by atoms with Crippen LogP contribution in [0.5, 0.6) is 0 Å². The normalized spacial score (nSPS) is 21.9. The molecular formula is C7H11N5OS. The Morgan fingerprint density at radius 2 is 2.57 bits per heavy atom. The van der Waals surface area contributed by atoms with Crippen LogP contribution in [0.4, 0.5) is 5.13 Å². The minimum absolute atomic E-state index is 0.00995. The van der Waals surface area contributed by atoms with Crippen LogP contribution in [0.25, 0.3) is 0 Å². The molecule has 1 aliphatic rings. The number of anilines is 1. The van der Waals surface area contributed by atoms with Crippen molar-refractivity contribution in [3.63, 3.8) is 0 Å². The highest BCUT2D eigenvalue weighted by Crippen LogP contribution is 2.13. The average Bonchev–Trinajstić information content (AvgIpc) is 2.72. The van der Waals surface area contributed by atoms with E-state index in [0.717, 1.165) is 37.5 Å². The lowest BCUT2D eigenvalue weighted by Crippen LogP contribution is -2.37. The number of nitrogens with zero attached hydrogens (tertiary/aromatic N) is 3. The molecule has 0 unspecified atom stereocenters. The molecule has 1 aromatic rings. The lowest BCUT2D eigenvalue weighted by Gasteiger charge is -2.20. The Labute approximate surface area is 85.3 Å². The zero-order valence-corrected chi connectivity index (χ0v) is 8.38. The number of carbonyl (C=O) groups excluding carboxylic acids is 1. The Kier molecular flexibility index (Phi) is 3.00. The summed E-state index contributed by atoms with van der Waals surface area (Å²) in [6.07, 6.45) is 1.98. The number of piperidine rings is 1. The number of rotatable bonds is 2. The fraction of sp³-hybridized carbons (Fsp3) is 0.714. The molecular weight excluding hydrogens is 202 g/mol.